The van der Waals surface area contributed by atoms with Gasteiger partial charge >= 0.3 is 0 Å². The average molecular weight is 428 g/mol. The number of carbonyl (C=O) groups is 1. The summed E-state index contributed by atoms with van der Waals surface area (Å²) >= 11 is 6.11. The smallest absolute Gasteiger partial charge is 0.222 e. The Kier molecular flexibility index (Phi) is 5.05. The van der Waals surface area contributed by atoms with Gasteiger partial charge in [0.05, 0.1) is 0 Å². The molecule has 1 aromatic carbocycles. The Bertz CT molecular complexity index is 821. The molecule has 0 N–H and O–H groups in total. The minimum Gasteiger partial charge on any atom is -0.342 e. The van der Waals surface area contributed by atoms with Crippen LogP contribution in [0.25, 0.3) is 0 Å². The van der Waals surface area contributed by atoms with E-state index in [1.54, 1.807) is 0 Å². The summed E-state index contributed by atoms with van der Waals surface area (Å²) in [6.45, 7) is 7.64. The molecule has 1 aromatic rings. The minimum absolute atomic E-state index is 0.315. The summed E-state index contributed by atoms with van der Waals surface area (Å²) in [5.74, 6) is 4.36. The number of hydrogen-bond donors (Lipinski definition) is 0. The van der Waals surface area contributed by atoms with Crippen molar-refractivity contribution in [1.82, 2.24) is 4.90 Å². The van der Waals surface area contributed by atoms with E-state index in [4.69, 9.17) is 11.6 Å². The number of likely N-dealkylation sites (tertiary alicyclic amines) is 1. The van der Waals surface area contributed by atoms with Crippen molar-refractivity contribution in [3.63, 3.8) is 0 Å². The summed E-state index contributed by atoms with van der Waals surface area (Å²) in [6.07, 6.45) is 9.78. The SMILES string of the molecule is CC1C[C@H]2N(C)C(=O)CC[C@]2(C)[C@H]2CC[C@]3(C)CC(Cc4ccc(Cl)cc4)C[C@H]3C12. The van der Waals surface area contributed by atoms with Crippen LogP contribution in [0.3, 0.4) is 0 Å². The topological polar surface area (TPSA) is 20.3 Å². The van der Waals surface area contributed by atoms with Gasteiger partial charge in [-0.05, 0) is 103 Å². The van der Waals surface area contributed by atoms with Gasteiger partial charge in [-0.1, -0.05) is 44.5 Å². The first-order valence-electron chi connectivity index (χ1n) is 12.2. The maximum Gasteiger partial charge on any atom is 0.222 e. The average Bonchev–Trinajstić information content (AvgIpc) is 3.04. The third-order valence-corrected chi connectivity index (χ3v) is 10.5. The largest absolute Gasteiger partial charge is 0.342 e. The Morgan fingerprint density at radius 1 is 1.10 bits per heavy atom. The number of fused-ring (bicyclic) bond motifs is 5. The van der Waals surface area contributed by atoms with E-state index in [9.17, 15) is 4.79 Å². The lowest BCUT2D eigenvalue weighted by Gasteiger charge is -2.63. The van der Waals surface area contributed by atoms with E-state index in [-0.39, 0.29) is 0 Å². The molecule has 0 aromatic heterocycles. The maximum atomic E-state index is 12.4. The molecule has 1 saturated heterocycles. The Balaban J connectivity index is 1.39. The molecule has 0 radical (unpaired) electrons. The van der Waals surface area contributed by atoms with Crippen molar-refractivity contribution >= 4 is 17.5 Å². The van der Waals surface area contributed by atoms with Crippen molar-refractivity contribution in [3.05, 3.63) is 34.9 Å². The predicted molar refractivity (Wildman–Crippen MR) is 123 cm³/mol. The molecule has 4 fully saturated rings. The van der Waals surface area contributed by atoms with E-state index in [1.165, 1.54) is 44.1 Å². The quantitative estimate of drug-likeness (QED) is 0.520. The van der Waals surface area contributed by atoms with Crippen molar-refractivity contribution in [3.8, 4) is 0 Å². The van der Waals surface area contributed by atoms with Crippen LogP contribution in [0.1, 0.15) is 71.3 Å². The van der Waals surface area contributed by atoms with Gasteiger partial charge in [0, 0.05) is 24.5 Å². The highest BCUT2D eigenvalue weighted by Crippen LogP contribution is 2.67. The number of hydrogen-bond acceptors (Lipinski definition) is 1. The van der Waals surface area contributed by atoms with Gasteiger partial charge < -0.3 is 4.90 Å². The number of benzene rings is 1. The molecule has 5 rings (SSSR count). The van der Waals surface area contributed by atoms with Crippen molar-refractivity contribution in [2.75, 3.05) is 7.05 Å². The second-order valence-corrected chi connectivity index (χ2v) is 12.3. The molecule has 0 spiro atoms. The Labute approximate surface area is 187 Å². The van der Waals surface area contributed by atoms with E-state index >= 15 is 0 Å². The lowest BCUT2D eigenvalue weighted by molar-refractivity contribution is -0.164. The van der Waals surface area contributed by atoms with Crippen LogP contribution in [0.4, 0.5) is 0 Å². The zero-order valence-electron chi connectivity index (χ0n) is 19.2. The number of nitrogens with zero attached hydrogens (tertiary/aromatic N) is 1. The molecule has 3 unspecified atom stereocenters. The number of carbonyl (C=O) groups excluding carboxylic acids is 1. The summed E-state index contributed by atoms with van der Waals surface area (Å²) in [7, 11) is 2.07. The standard InChI is InChI=1S/C27H38ClNO/c1-17-13-23-27(3,12-10-24(30)29(23)4)21-9-11-26(2)16-19(15-22(26)25(17)21)14-18-5-7-20(28)8-6-18/h5-8,17,19,21-23,25H,9-16H2,1-4H3/t17?,19?,21-,22-,23+,25?,26+,27+/m0/s1. The van der Waals surface area contributed by atoms with Gasteiger partial charge in [-0.25, -0.2) is 0 Å². The molecule has 3 heteroatoms. The summed E-state index contributed by atoms with van der Waals surface area (Å²) in [4.78, 5) is 14.6. The lowest BCUT2D eigenvalue weighted by Crippen LogP contribution is -2.62. The second kappa shape index (κ2) is 7.26. The van der Waals surface area contributed by atoms with E-state index in [0.717, 1.165) is 47.5 Å². The maximum absolute atomic E-state index is 12.4. The van der Waals surface area contributed by atoms with Crippen LogP contribution in [0.2, 0.25) is 5.02 Å². The van der Waals surface area contributed by atoms with E-state index in [2.05, 4.69) is 44.9 Å². The van der Waals surface area contributed by atoms with Crippen LogP contribution in [0, 0.1) is 40.4 Å². The first-order chi connectivity index (χ1) is 14.2. The molecule has 164 valence electrons. The monoisotopic (exact) mass is 427 g/mol. The molecule has 8 atom stereocenters. The van der Waals surface area contributed by atoms with E-state index in [1.807, 2.05) is 12.1 Å². The number of halogens is 1. The van der Waals surface area contributed by atoms with Gasteiger partial charge in [-0.2, -0.15) is 0 Å². The van der Waals surface area contributed by atoms with Crippen molar-refractivity contribution < 1.29 is 4.79 Å². The first-order valence-corrected chi connectivity index (χ1v) is 12.6. The Morgan fingerprint density at radius 3 is 2.57 bits per heavy atom. The van der Waals surface area contributed by atoms with Gasteiger partial charge in [0.1, 0.15) is 0 Å². The molecule has 3 saturated carbocycles. The van der Waals surface area contributed by atoms with E-state index < -0.39 is 0 Å². The molecule has 3 aliphatic carbocycles. The second-order valence-electron chi connectivity index (χ2n) is 11.9. The predicted octanol–water partition coefficient (Wildman–Crippen LogP) is 6.61. The van der Waals surface area contributed by atoms with Gasteiger partial charge in [-0.15, -0.1) is 0 Å². The summed E-state index contributed by atoms with van der Waals surface area (Å²) in [6, 6.07) is 8.98. The van der Waals surface area contributed by atoms with Crippen molar-refractivity contribution in [2.45, 2.75) is 78.2 Å². The molecule has 1 heterocycles. The third-order valence-electron chi connectivity index (χ3n) is 10.2. The summed E-state index contributed by atoms with van der Waals surface area (Å²) in [5.41, 5.74) is 2.26. The van der Waals surface area contributed by atoms with Gasteiger partial charge in [0.2, 0.25) is 5.91 Å². The highest BCUT2D eigenvalue weighted by molar-refractivity contribution is 6.30. The molecular formula is C27H38ClNO. The van der Waals surface area contributed by atoms with Crippen molar-refractivity contribution in [1.29, 1.82) is 0 Å². The van der Waals surface area contributed by atoms with Crippen molar-refractivity contribution in [2.24, 2.45) is 40.4 Å². The minimum atomic E-state index is 0.315. The van der Waals surface area contributed by atoms with Gasteiger partial charge in [0.15, 0.2) is 0 Å². The highest BCUT2D eigenvalue weighted by Gasteiger charge is 2.61. The molecule has 1 aliphatic heterocycles. The fraction of sp³-hybridized carbons (Fsp3) is 0.741. The van der Waals surface area contributed by atoms with Crippen LogP contribution >= 0.6 is 11.6 Å². The normalized spacial score (nSPS) is 45.6. The summed E-state index contributed by atoms with van der Waals surface area (Å²) < 4.78 is 0. The molecular weight excluding hydrogens is 390 g/mol. The third kappa shape index (κ3) is 3.15. The Hall–Kier alpha value is -1.02. The van der Waals surface area contributed by atoms with Crippen LogP contribution in [0.15, 0.2) is 24.3 Å². The lowest BCUT2D eigenvalue weighted by atomic mass is 9.45. The fourth-order valence-corrected chi connectivity index (χ4v) is 8.91. The Morgan fingerprint density at radius 2 is 1.83 bits per heavy atom. The van der Waals surface area contributed by atoms with Crippen LogP contribution in [-0.4, -0.2) is 23.9 Å². The number of amides is 1. The molecule has 1 amide bonds. The summed E-state index contributed by atoms with van der Waals surface area (Å²) in [5, 5.41) is 0.836. The van der Waals surface area contributed by atoms with Gasteiger partial charge in [0.25, 0.3) is 0 Å². The van der Waals surface area contributed by atoms with Crippen LogP contribution in [-0.2, 0) is 11.2 Å². The molecule has 30 heavy (non-hydrogen) atoms. The zero-order chi connectivity index (χ0) is 21.3. The number of rotatable bonds is 2. The number of piperidine rings is 1. The molecule has 0 bridgehead atoms. The zero-order valence-corrected chi connectivity index (χ0v) is 19.9. The fourth-order valence-electron chi connectivity index (χ4n) is 8.78. The van der Waals surface area contributed by atoms with Gasteiger partial charge in [-0.3, -0.25) is 4.79 Å². The van der Waals surface area contributed by atoms with Crippen LogP contribution in [0.5, 0.6) is 0 Å². The molecule has 4 aliphatic rings. The highest BCUT2D eigenvalue weighted by atomic mass is 35.5. The van der Waals surface area contributed by atoms with Crippen LogP contribution < -0.4 is 0 Å². The van der Waals surface area contributed by atoms with E-state index in [0.29, 0.717) is 22.8 Å². The first kappa shape index (κ1) is 20.9. The molecule has 2 nitrogen and oxygen atoms in total.